The van der Waals surface area contributed by atoms with E-state index in [1.807, 2.05) is 11.9 Å². The van der Waals surface area contributed by atoms with E-state index in [4.69, 9.17) is 0 Å². The van der Waals surface area contributed by atoms with Crippen molar-refractivity contribution in [1.82, 2.24) is 4.90 Å². The molecule has 7 heteroatoms. The van der Waals surface area contributed by atoms with Crippen molar-refractivity contribution in [1.29, 1.82) is 0 Å². The standard InChI is InChI=1S/C14H19N3O4/c1-14(2)9-16(7-6-15(14)3)12-8-10(17(20)21)4-5-11(12)13(18)19/h4-5,8H,6-7,9H2,1-3H3,(H,18,19). The van der Waals surface area contributed by atoms with Crippen molar-refractivity contribution in [3.05, 3.63) is 33.9 Å². The van der Waals surface area contributed by atoms with Gasteiger partial charge in [0.05, 0.1) is 16.2 Å². The summed E-state index contributed by atoms with van der Waals surface area (Å²) < 4.78 is 0. The minimum Gasteiger partial charge on any atom is -0.478 e. The van der Waals surface area contributed by atoms with Crippen LogP contribution in [0.2, 0.25) is 0 Å². The molecule has 0 spiro atoms. The van der Waals surface area contributed by atoms with Crippen molar-refractivity contribution < 1.29 is 14.8 Å². The maximum Gasteiger partial charge on any atom is 0.337 e. The molecule has 1 aliphatic rings. The van der Waals surface area contributed by atoms with Crippen molar-refractivity contribution in [2.24, 2.45) is 0 Å². The smallest absolute Gasteiger partial charge is 0.337 e. The fourth-order valence-electron chi connectivity index (χ4n) is 2.52. The Morgan fingerprint density at radius 1 is 1.38 bits per heavy atom. The van der Waals surface area contributed by atoms with Crippen molar-refractivity contribution >= 4 is 17.3 Å². The molecule has 1 heterocycles. The molecule has 0 radical (unpaired) electrons. The lowest BCUT2D eigenvalue weighted by molar-refractivity contribution is -0.384. The molecule has 7 nitrogen and oxygen atoms in total. The van der Waals surface area contributed by atoms with E-state index in [0.29, 0.717) is 18.8 Å². The van der Waals surface area contributed by atoms with E-state index in [1.54, 1.807) is 0 Å². The number of benzene rings is 1. The molecule has 114 valence electrons. The maximum atomic E-state index is 11.4. The van der Waals surface area contributed by atoms with Gasteiger partial charge in [-0.05, 0) is 27.0 Å². The molecule has 2 rings (SSSR count). The Hall–Kier alpha value is -2.15. The normalized spacial score (nSPS) is 18.5. The minimum atomic E-state index is -1.07. The van der Waals surface area contributed by atoms with E-state index in [9.17, 15) is 20.0 Å². The molecule has 1 aromatic rings. The van der Waals surface area contributed by atoms with Crippen LogP contribution in [0.15, 0.2) is 18.2 Å². The van der Waals surface area contributed by atoms with Crippen LogP contribution in [-0.2, 0) is 0 Å². The molecule has 0 aliphatic carbocycles. The second-order valence-corrected chi connectivity index (χ2v) is 5.92. The molecule has 1 aliphatic heterocycles. The summed E-state index contributed by atoms with van der Waals surface area (Å²) in [5.41, 5.74) is 0.295. The first kappa shape index (κ1) is 15.2. The Bertz CT molecular complexity index is 586. The number of aromatic carboxylic acids is 1. The molecular formula is C14H19N3O4. The average molecular weight is 293 g/mol. The first-order chi connectivity index (χ1) is 9.72. The van der Waals surface area contributed by atoms with Crippen molar-refractivity contribution in [3.63, 3.8) is 0 Å². The quantitative estimate of drug-likeness (QED) is 0.675. The van der Waals surface area contributed by atoms with Gasteiger partial charge in [0, 0.05) is 37.3 Å². The average Bonchev–Trinajstić information content (AvgIpc) is 2.41. The van der Waals surface area contributed by atoms with E-state index < -0.39 is 10.9 Å². The number of carbonyl (C=O) groups is 1. The van der Waals surface area contributed by atoms with Crippen LogP contribution < -0.4 is 4.90 Å². The Morgan fingerprint density at radius 2 is 2.05 bits per heavy atom. The number of nitro groups is 1. The lowest BCUT2D eigenvalue weighted by Crippen LogP contribution is -2.58. The fraction of sp³-hybridized carbons (Fsp3) is 0.500. The highest BCUT2D eigenvalue weighted by atomic mass is 16.6. The van der Waals surface area contributed by atoms with Gasteiger partial charge in [0.1, 0.15) is 0 Å². The van der Waals surface area contributed by atoms with Crippen LogP contribution in [0.3, 0.4) is 0 Å². The highest BCUT2D eigenvalue weighted by molar-refractivity contribution is 5.95. The summed E-state index contributed by atoms with van der Waals surface area (Å²) in [5, 5.41) is 20.2. The molecule has 0 unspecified atom stereocenters. The van der Waals surface area contributed by atoms with Gasteiger partial charge in [-0.1, -0.05) is 0 Å². The number of anilines is 1. The van der Waals surface area contributed by atoms with Gasteiger partial charge in [-0.3, -0.25) is 15.0 Å². The maximum absolute atomic E-state index is 11.4. The van der Waals surface area contributed by atoms with E-state index in [-0.39, 0.29) is 16.8 Å². The molecule has 0 atom stereocenters. The summed E-state index contributed by atoms with van der Waals surface area (Å²) in [6.07, 6.45) is 0. The van der Waals surface area contributed by atoms with E-state index in [0.717, 1.165) is 6.54 Å². The fourth-order valence-corrected chi connectivity index (χ4v) is 2.52. The van der Waals surface area contributed by atoms with Crippen LogP contribution in [0, 0.1) is 10.1 Å². The van der Waals surface area contributed by atoms with Gasteiger partial charge in [-0.15, -0.1) is 0 Å². The summed E-state index contributed by atoms with van der Waals surface area (Å²) >= 11 is 0. The summed E-state index contributed by atoms with van der Waals surface area (Å²) in [4.78, 5) is 25.9. The first-order valence-electron chi connectivity index (χ1n) is 6.70. The SMILES string of the molecule is CN1CCN(c2cc([N+](=O)[O-])ccc2C(=O)O)CC1(C)C. The minimum absolute atomic E-state index is 0.0910. The van der Waals surface area contributed by atoms with E-state index in [1.165, 1.54) is 18.2 Å². The summed E-state index contributed by atoms with van der Waals surface area (Å²) in [6.45, 7) is 6.16. The molecule has 1 fully saturated rings. The second kappa shape index (κ2) is 5.33. The van der Waals surface area contributed by atoms with Gasteiger partial charge < -0.3 is 10.0 Å². The number of carboxylic acids is 1. The van der Waals surface area contributed by atoms with Crippen molar-refractivity contribution in [2.75, 3.05) is 31.6 Å². The topological polar surface area (TPSA) is 86.9 Å². The number of nitrogens with zero attached hydrogens (tertiary/aromatic N) is 3. The molecule has 0 bridgehead atoms. The third-order valence-electron chi connectivity index (χ3n) is 4.08. The molecule has 0 aromatic heterocycles. The van der Waals surface area contributed by atoms with Crippen LogP contribution in [0.1, 0.15) is 24.2 Å². The molecule has 21 heavy (non-hydrogen) atoms. The number of carboxylic acid groups (broad SMARTS) is 1. The van der Waals surface area contributed by atoms with Crippen molar-refractivity contribution in [2.45, 2.75) is 19.4 Å². The van der Waals surface area contributed by atoms with Gasteiger partial charge in [0.15, 0.2) is 0 Å². The number of piperazine rings is 1. The van der Waals surface area contributed by atoms with Crippen LogP contribution in [0.5, 0.6) is 0 Å². The Kier molecular flexibility index (Phi) is 3.87. The largest absolute Gasteiger partial charge is 0.478 e. The van der Waals surface area contributed by atoms with Crippen molar-refractivity contribution in [3.8, 4) is 0 Å². The molecule has 1 N–H and O–H groups in total. The number of non-ortho nitro benzene ring substituents is 1. The number of nitro benzene ring substituents is 1. The van der Waals surface area contributed by atoms with Gasteiger partial charge in [0.2, 0.25) is 0 Å². The van der Waals surface area contributed by atoms with E-state index >= 15 is 0 Å². The molecule has 1 saturated heterocycles. The zero-order valence-corrected chi connectivity index (χ0v) is 12.4. The lowest BCUT2D eigenvalue weighted by atomic mass is 9.98. The van der Waals surface area contributed by atoms with Gasteiger partial charge in [-0.2, -0.15) is 0 Å². The molecule has 0 amide bonds. The van der Waals surface area contributed by atoms with Crippen LogP contribution in [0.4, 0.5) is 11.4 Å². The Morgan fingerprint density at radius 3 is 2.57 bits per heavy atom. The summed E-state index contributed by atoms with van der Waals surface area (Å²) in [6, 6.07) is 3.89. The zero-order valence-electron chi connectivity index (χ0n) is 12.4. The zero-order chi connectivity index (χ0) is 15.8. The number of hydrogen-bond acceptors (Lipinski definition) is 5. The third-order valence-corrected chi connectivity index (χ3v) is 4.08. The predicted molar refractivity (Wildman–Crippen MR) is 79.0 cm³/mol. The number of rotatable bonds is 3. The van der Waals surface area contributed by atoms with Crippen LogP contribution in [-0.4, -0.2) is 53.1 Å². The first-order valence-corrected chi connectivity index (χ1v) is 6.70. The van der Waals surface area contributed by atoms with Gasteiger partial charge in [-0.25, -0.2) is 4.79 Å². The molecular weight excluding hydrogens is 274 g/mol. The summed E-state index contributed by atoms with van der Waals surface area (Å²) in [7, 11) is 2.02. The predicted octanol–water partition coefficient (Wildman–Crippen LogP) is 1.82. The van der Waals surface area contributed by atoms with Gasteiger partial charge >= 0.3 is 5.97 Å². The third kappa shape index (κ3) is 2.97. The van der Waals surface area contributed by atoms with E-state index in [2.05, 4.69) is 18.7 Å². The van der Waals surface area contributed by atoms with Gasteiger partial charge in [0.25, 0.3) is 5.69 Å². The number of hydrogen-bond donors (Lipinski definition) is 1. The second-order valence-electron chi connectivity index (χ2n) is 5.92. The molecule has 0 saturated carbocycles. The van der Waals surface area contributed by atoms with Crippen LogP contribution in [0.25, 0.3) is 0 Å². The molecule has 1 aromatic carbocycles. The highest BCUT2D eigenvalue weighted by Gasteiger charge is 2.33. The highest BCUT2D eigenvalue weighted by Crippen LogP contribution is 2.30. The Balaban J connectivity index is 2.43. The lowest BCUT2D eigenvalue weighted by Gasteiger charge is -2.46. The number of likely N-dealkylation sites (N-methyl/N-ethyl adjacent to an activating group) is 1. The monoisotopic (exact) mass is 293 g/mol. The Labute approximate surface area is 122 Å². The van der Waals surface area contributed by atoms with Crippen LogP contribution >= 0.6 is 0 Å². The summed E-state index contributed by atoms with van der Waals surface area (Å²) in [5.74, 6) is -1.07.